The average Bonchev–Trinajstić information content (AvgIpc) is 3.01. The van der Waals surface area contributed by atoms with E-state index >= 15 is 0 Å². The number of nitrogens with zero attached hydrogens (tertiary/aromatic N) is 4. The van der Waals surface area contributed by atoms with Gasteiger partial charge in [0.1, 0.15) is 11.6 Å². The summed E-state index contributed by atoms with van der Waals surface area (Å²) in [5, 5.41) is 3.97. The van der Waals surface area contributed by atoms with Gasteiger partial charge in [-0.25, -0.2) is 4.98 Å². The molecule has 7 nitrogen and oxygen atoms in total. The third-order valence-corrected chi connectivity index (χ3v) is 4.12. The number of pyridine rings is 1. The third-order valence-electron chi connectivity index (χ3n) is 4.12. The average molecular weight is 352 g/mol. The van der Waals surface area contributed by atoms with Gasteiger partial charge in [-0.1, -0.05) is 23.4 Å². The third kappa shape index (κ3) is 4.00. The van der Waals surface area contributed by atoms with Crippen molar-refractivity contribution in [1.82, 2.24) is 15.1 Å². The second-order valence-corrected chi connectivity index (χ2v) is 5.98. The van der Waals surface area contributed by atoms with Crippen LogP contribution >= 0.6 is 0 Å². The summed E-state index contributed by atoms with van der Waals surface area (Å²) in [5.74, 6) is 2.64. The van der Waals surface area contributed by atoms with Gasteiger partial charge < -0.3 is 18.9 Å². The standard InChI is InChI=1S/C19H20N4O3/c1-2-5-16(6-3-1)25-14-17-21-19(26-22-17)15-7-8-18(20-13-15)23-9-4-11-24-12-10-23/h1-3,5-8,13H,4,9-12,14H2. The predicted molar refractivity (Wildman–Crippen MR) is 96.0 cm³/mol. The van der Waals surface area contributed by atoms with Crippen LogP contribution in [0.1, 0.15) is 12.2 Å². The van der Waals surface area contributed by atoms with E-state index < -0.39 is 0 Å². The summed E-state index contributed by atoms with van der Waals surface area (Å²) in [5.41, 5.74) is 0.790. The van der Waals surface area contributed by atoms with Crippen LogP contribution in [0.4, 0.5) is 5.82 Å². The normalized spacial score (nSPS) is 14.8. The first kappa shape index (κ1) is 16.5. The smallest absolute Gasteiger partial charge is 0.259 e. The monoisotopic (exact) mass is 352 g/mol. The minimum Gasteiger partial charge on any atom is -0.485 e. The first-order valence-corrected chi connectivity index (χ1v) is 8.68. The van der Waals surface area contributed by atoms with Crippen LogP contribution in [-0.2, 0) is 11.3 Å². The van der Waals surface area contributed by atoms with Crippen LogP contribution in [0.3, 0.4) is 0 Å². The lowest BCUT2D eigenvalue weighted by atomic mass is 10.2. The van der Waals surface area contributed by atoms with Crippen LogP contribution in [0.2, 0.25) is 0 Å². The van der Waals surface area contributed by atoms with E-state index in [1.165, 1.54) is 0 Å². The van der Waals surface area contributed by atoms with Crippen molar-refractivity contribution in [1.29, 1.82) is 0 Å². The van der Waals surface area contributed by atoms with Crippen LogP contribution in [0.15, 0.2) is 53.2 Å². The maximum Gasteiger partial charge on any atom is 0.259 e. The first-order valence-electron chi connectivity index (χ1n) is 8.68. The van der Waals surface area contributed by atoms with Crippen LogP contribution in [0.5, 0.6) is 5.75 Å². The van der Waals surface area contributed by atoms with Crippen molar-refractivity contribution in [3.05, 3.63) is 54.5 Å². The minimum absolute atomic E-state index is 0.257. The number of para-hydroxylation sites is 1. The zero-order valence-electron chi connectivity index (χ0n) is 14.4. The molecule has 0 N–H and O–H groups in total. The van der Waals surface area contributed by atoms with Crippen molar-refractivity contribution in [2.75, 3.05) is 31.2 Å². The highest BCUT2D eigenvalue weighted by Crippen LogP contribution is 2.20. The lowest BCUT2D eigenvalue weighted by Crippen LogP contribution is -2.26. The number of anilines is 1. The van der Waals surface area contributed by atoms with Gasteiger partial charge in [0.05, 0.1) is 12.2 Å². The molecule has 0 spiro atoms. The molecule has 1 saturated heterocycles. The highest BCUT2D eigenvalue weighted by atomic mass is 16.5. The molecule has 0 saturated carbocycles. The summed E-state index contributed by atoms with van der Waals surface area (Å²) in [6, 6.07) is 13.5. The van der Waals surface area contributed by atoms with Crippen LogP contribution in [0, 0.1) is 0 Å². The van der Waals surface area contributed by atoms with Crippen LogP contribution in [-0.4, -0.2) is 41.4 Å². The van der Waals surface area contributed by atoms with Gasteiger partial charge in [0.25, 0.3) is 5.89 Å². The number of benzene rings is 1. The predicted octanol–water partition coefficient (Wildman–Crippen LogP) is 2.94. The highest BCUT2D eigenvalue weighted by Gasteiger charge is 2.13. The summed E-state index contributed by atoms with van der Waals surface area (Å²) in [4.78, 5) is 11.1. The molecule has 0 aliphatic carbocycles. The van der Waals surface area contributed by atoms with Crippen molar-refractivity contribution in [2.24, 2.45) is 0 Å². The SMILES string of the molecule is c1ccc(OCc2noc(-c3ccc(N4CCCOCC4)nc3)n2)cc1. The molecule has 0 radical (unpaired) electrons. The summed E-state index contributed by atoms with van der Waals surface area (Å²) in [6.07, 6.45) is 2.77. The van der Waals surface area contributed by atoms with Crippen molar-refractivity contribution >= 4 is 5.82 Å². The molecule has 2 aromatic heterocycles. The Bertz CT molecular complexity index is 812. The lowest BCUT2D eigenvalue weighted by molar-refractivity contribution is 0.152. The summed E-state index contributed by atoms with van der Waals surface area (Å²) >= 11 is 0. The molecule has 3 heterocycles. The number of ether oxygens (including phenoxy) is 2. The molecule has 1 aliphatic rings. The fourth-order valence-corrected chi connectivity index (χ4v) is 2.77. The molecular weight excluding hydrogens is 332 g/mol. The van der Waals surface area contributed by atoms with E-state index in [1.54, 1.807) is 6.20 Å². The Morgan fingerprint density at radius 3 is 2.81 bits per heavy atom. The van der Waals surface area contributed by atoms with E-state index in [4.69, 9.17) is 14.0 Å². The summed E-state index contributed by atoms with van der Waals surface area (Å²) in [6.45, 7) is 3.61. The molecule has 1 aliphatic heterocycles. The molecule has 0 bridgehead atoms. The second-order valence-electron chi connectivity index (χ2n) is 5.98. The van der Waals surface area contributed by atoms with Gasteiger partial charge in [-0.15, -0.1) is 0 Å². The van der Waals surface area contributed by atoms with E-state index in [1.807, 2.05) is 42.5 Å². The topological polar surface area (TPSA) is 73.5 Å². The van der Waals surface area contributed by atoms with Gasteiger partial charge in [0, 0.05) is 25.9 Å². The van der Waals surface area contributed by atoms with E-state index in [-0.39, 0.29) is 6.61 Å². The Balaban J connectivity index is 1.40. The first-order chi connectivity index (χ1) is 12.9. The number of hydrogen-bond acceptors (Lipinski definition) is 7. The van der Waals surface area contributed by atoms with Gasteiger partial charge >= 0.3 is 0 Å². The molecule has 0 atom stereocenters. The molecule has 0 unspecified atom stereocenters. The maximum atomic E-state index is 5.63. The quantitative estimate of drug-likeness (QED) is 0.699. The fraction of sp³-hybridized carbons (Fsp3) is 0.316. The van der Waals surface area contributed by atoms with E-state index in [0.717, 1.165) is 49.9 Å². The molecule has 3 aromatic rings. The fourth-order valence-electron chi connectivity index (χ4n) is 2.77. The summed E-state index contributed by atoms with van der Waals surface area (Å²) in [7, 11) is 0. The Kier molecular flexibility index (Phi) is 5.07. The Morgan fingerprint density at radius 2 is 1.96 bits per heavy atom. The van der Waals surface area contributed by atoms with Gasteiger partial charge in [-0.2, -0.15) is 4.98 Å². The van der Waals surface area contributed by atoms with Crippen molar-refractivity contribution < 1.29 is 14.0 Å². The van der Waals surface area contributed by atoms with Gasteiger partial charge in [-0.3, -0.25) is 0 Å². The van der Waals surface area contributed by atoms with Crippen LogP contribution < -0.4 is 9.64 Å². The van der Waals surface area contributed by atoms with E-state index in [2.05, 4.69) is 20.0 Å². The Morgan fingerprint density at radius 1 is 1.04 bits per heavy atom. The number of aromatic nitrogens is 3. The van der Waals surface area contributed by atoms with Crippen molar-refractivity contribution in [3.8, 4) is 17.2 Å². The number of rotatable bonds is 5. The molecule has 1 aromatic carbocycles. The Labute approximate surface area is 151 Å². The summed E-state index contributed by atoms with van der Waals surface area (Å²) < 4.78 is 16.4. The minimum atomic E-state index is 0.257. The zero-order chi connectivity index (χ0) is 17.6. The molecule has 0 amide bonds. The van der Waals surface area contributed by atoms with Crippen molar-refractivity contribution in [3.63, 3.8) is 0 Å². The second kappa shape index (κ2) is 7.97. The van der Waals surface area contributed by atoms with Gasteiger partial charge in [0.15, 0.2) is 6.61 Å². The van der Waals surface area contributed by atoms with E-state index in [0.29, 0.717) is 11.7 Å². The highest BCUT2D eigenvalue weighted by molar-refractivity contribution is 5.54. The Hall–Kier alpha value is -2.93. The largest absolute Gasteiger partial charge is 0.485 e. The van der Waals surface area contributed by atoms with Crippen molar-refractivity contribution in [2.45, 2.75) is 13.0 Å². The molecule has 4 rings (SSSR count). The van der Waals surface area contributed by atoms with Gasteiger partial charge in [0.2, 0.25) is 5.82 Å². The molecular formula is C19H20N4O3. The molecule has 7 heteroatoms. The molecule has 1 fully saturated rings. The number of hydrogen-bond donors (Lipinski definition) is 0. The zero-order valence-corrected chi connectivity index (χ0v) is 14.4. The van der Waals surface area contributed by atoms with E-state index in [9.17, 15) is 0 Å². The van der Waals surface area contributed by atoms with Gasteiger partial charge in [-0.05, 0) is 30.7 Å². The lowest BCUT2D eigenvalue weighted by Gasteiger charge is -2.20. The maximum absolute atomic E-state index is 5.63. The molecule has 26 heavy (non-hydrogen) atoms. The molecule has 134 valence electrons. The van der Waals surface area contributed by atoms with Crippen LogP contribution in [0.25, 0.3) is 11.5 Å².